The van der Waals surface area contributed by atoms with Crippen molar-refractivity contribution in [3.05, 3.63) is 0 Å². The molecule has 0 aromatic heterocycles. The van der Waals surface area contributed by atoms with E-state index in [0.29, 0.717) is 57.3 Å². The molecule has 4 aliphatic carbocycles. The average Bonchev–Trinajstić information content (AvgIpc) is 1.80. The summed E-state index contributed by atoms with van der Waals surface area (Å²) < 4.78 is 26.2. The highest BCUT2D eigenvalue weighted by Gasteiger charge is 2.66. The van der Waals surface area contributed by atoms with Crippen molar-refractivity contribution in [2.45, 2.75) is 344 Å². The normalized spacial score (nSPS) is 21.2. The van der Waals surface area contributed by atoms with Crippen LogP contribution in [0.15, 0.2) is 0 Å². The summed E-state index contributed by atoms with van der Waals surface area (Å²) in [5, 5.41) is 0. The number of rotatable bonds is 56. The standard InChI is InChI=1S/C73H136N2O8/c1-9-17-21-25-29-33-37-43-64(44-38-34-30-26-22-18-10-2)53-68(78)82-61-71-50-49-70(60-80-66(76)47-41-51-74(13-5)14-6)55-72(57-71,62-81-67(77)48-42-52-75(15-7)16-8)59-73(56-70,58-71)63-83-69(79)54-65(45-39-35-31-27-23-19-11-3)46-40-36-32-28-24-20-12-4/h64-65H,9-63H2,1-8H3. The van der Waals surface area contributed by atoms with E-state index in [9.17, 15) is 19.2 Å². The van der Waals surface area contributed by atoms with Crippen LogP contribution >= 0.6 is 0 Å². The molecule has 4 atom stereocenters. The minimum atomic E-state index is -0.442. The van der Waals surface area contributed by atoms with Crippen LogP contribution in [0.1, 0.15) is 344 Å². The molecule has 0 spiro atoms. The van der Waals surface area contributed by atoms with Crippen molar-refractivity contribution < 1.29 is 38.1 Å². The fourth-order valence-electron chi connectivity index (χ4n) is 15.9. The smallest absolute Gasteiger partial charge is 0.306 e. The molecular weight excluding hydrogens is 1030 g/mol. The summed E-state index contributed by atoms with van der Waals surface area (Å²) in [7, 11) is 0. The SMILES string of the molecule is CCCCCCCCCC(CCCCCCCCC)CC(=O)OCC12CCC3(COC(=O)CCCN(CC)CC)CC(COC(=O)CCCN(CC)CC)(C1)CC(COC(=O)CC(CCCCCCCCC)CCCCCCCCC)(C3)C2. The van der Waals surface area contributed by atoms with Crippen molar-refractivity contribution in [1.82, 2.24) is 9.80 Å². The minimum Gasteiger partial charge on any atom is -0.465 e. The fourth-order valence-corrected chi connectivity index (χ4v) is 15.9. The van der Waals surface area contributed by atoms with Gasteiger partial charge in [0.25, 0.3) is 0 Å². The van der Waals surface area contributed by atoms with Crippen LogP contribution in [0.4, 0.5) is 0 Å². The van der Waals surface area contributed by atoms with E-state index >= 15 is 0 Å². The molecule has 4 aliphatic rings. The van der Waals surface area contributed by atoms with Crippen LogP contribution in [-0.2, 0) is 38.1 Å². The largest absolute Gasteiger partial charge is 0.465 e. The van der Waals surface area contributed by atoms with Crippen LogP contribution in [0, 0.1) is 33.5 Å². The first kappa shape index (κ1) is 75.1. The molecular formula is C73H136N2O8. The van der Waals surface area contributed by atoms with Gasteiger partial charge in [-0.25, -0.2) is 0 Å². The number of carbonyl (C=O) groups is 4. The maximum absolute atomic E-state index is 14.5. The van der Waals surface area contributed by atoms with E-state index in [2.05, 4.69) is 65.2 Å². The highest BCUT2D eigenvalue weighted by molar-refractivity contribution is 5.71. The van der Waals surface area contributed by atoms with E-state index < -0.39 is 10.8 Å². The van der Waals surface area contributed by atoms with E-state index in [1.807, 2.05) is 0 Å². The second-order valence-electron chi connectivity index (χ2n) is 28.1. The Bertz CT molecular complexity index is 1630. The Hall–Kier alpha value is -2.20. The molecule has 10 nitrogen and oxygen atoms in total. The Morgan fingerprint density at radius 3 is 0.831 bits per heavy atom. The quantitative estimate of drug-likeness (QED) is 0.0332. The number of unbranched alkanes of at least 4 members (excludes halogenated alkanes) is 24. The summed E-state index contributed by atoms with van der Waals surface area (Å²) in [6.07, 6.45) is 48.5. The number of fused-ring (bicyclic) bond motifs is 1. The number of carbonyl (C=O) groups excluding carboxylic acids is 4. The molecule has 10 heteroatoms. The topological polar surface area (TPSA) is 112 Å². The van der Waals surface area contributed by atoms with E-state index in [4.69, 9.17) is 18.9 Å². The molecule has 83 heavy (non-hydrogen) atoms. The first-order valence-corrected chi connectivity index (χ1v) is 36.4. The van der Waals surface area contributed by atoms with E-state index in [-0.39, 0.29) is 41.3 Å². The Morgan fingerprint density at radius 1 is 0.313 bits per heavy atom. The summed E-state index contributed by atoms with van der Waals surface area (Å²) in [6, 6.07) is 0. The lowest BCUT2D eigenvalue weighted by Crippen LogP contribution is -2.56. The predicted octanol–water partition coefficient (Wildman–Crippen LogP) is 19.7. The summed E-state index contributed by atoms with van der Waals surface area (Å²) in [4.78, 5) is 61.2. The molecule has 4 rings (SSSR count). The van der Waals surface area contributed by atoms with Crippen molar-refractivity contribution in [2.24, 2.45) is 33.5 Å². The molecule has 4 saturated carbocycles. The number of nitrogens with zero attached hydrogens (tertiary/aromatic N) is 2. The minimum absolute atomic E-state index is 0.0792. The molecule has 0 amide bonds. The van der Waals surface area contributed by atoms with Gasteiger partial charge in [-0.3, -0.25) is 19.2 Å². The number of hydrogen-bond acceptors (Lipinski definition) is 10. The van der Waals surface area contributed by atoms with E-state index in [1.165, 1.54) is 167 Å². The summed E-state index contributed by atoms with van der Waals surface area (Å²) in [6.45, 7) is 24.5. The average molecular weight is 1170 g/mol. The summed E-state index contributed by atoms with van der Waals surface area (Å²) >= 11 is 0. The van der Waals surface area contributed by atoms with Gasteiger partial charge in [-0.2, -0.15) is 0 Å². The van der Waals surface area contributed by atoms with Crippen LogP contribution in [0.2, 0.25) is 0 Å². The predicted molar refractivity (Wildman–Crippen MR) is 347 cm³/mol. The molecule has 0 saturated heterocycles. The maximum Gasteiger partial charge on any atom is 0.306 e. The highest BCUT2D eigenvalue weighted by Crippen LogP contribution is 2.71. The zero-order valence-electron chi connectivity index (χ0n) is 56.2. The monoisotopic (exact) mass is 1170 g/mol. The molecule has 4 unspecified atom stereocenters. The number of esters is 4. The Morgan fingerprint density at radius 2 is 0.554 bits per heavy atom. The maximum atomic E-state index is 14.5. The Kier molecular flexibility index (Phi) is 40.8. The van der Waals surface area contributed by atoms with Gasteiger partial charge in [0.1, 0.15) is 0 Å². The van der Waals surface area contributed by atoms with Crippen molar-refractivity contribution in [3.8, 4) is 0 Å². The van der Waals surface area contributed by atoms with Crippen molar-refractivity contribution >= 4 is 23.9 Å². The highest BCUT2D eigenvalue weighted by atomic mass is 16.5. The van der Waals surface area contributed by atoms with Crippen molar-refractivity contribution in [2.75, 3.05) is 65.7 Å². The lowest BCUT2D eigenvalue weighted by atomic mass is 9.46. The lowest BCUT2D eigenvalue weighted by Gasteiger charge is -2.60. The lowest BCUT2D eigenvalue weighted by molar-refractivity contribution is -0.187. The molecule has 4 fully saturated rings. The molecule has 0 radical (unpaired) electrons. The second-order valence-corrected chi connectivity index (χ2v) is 28.1. The van der Waals surface area contributed by atoms with Gasteiger partial charge in [-0.15, -0.1) is 0 Å². The van der Waals surface area contributed by atoms with Gasteiger partial charge in [0.15, 0.2) is 0 Å². The van der Waals surface area contributed by atoms with Crippen LogP contribution in [0.5, 0.6) is 0 Å². The molecule has 0 aromatic carbocycles. The first-order valence-electron chi connectivity index (χ1n) is 36.4. The van der Waals surface area contributed by atoms with Gasteiger partial charge in [-0.1, -0.05) is 235 Å². The van der Waals surface area contributed by atoms with Gasteiger partial charge in [-0.05, 0) is 135 Å². The molecule has 486 valence electrons. The van der Waals surface area contributed by atoms with Gasteiger partial charge in [0, 0.05) is 47.3 Å². The third-order valence-electron chi connectivity index (χ3n) is 20.4. The third kappa shape index (κ3) is 32.0. The number of ether oxygens (including phenoxy) is 4. The second kappa shape index (κ2) is 45.1. The van der Waals surface area contributed by atoms with E-state index in [1.54, 1.807) is 0 Å². The van der Waals surface area contributed by atoms with Crippen LogP contribution in [-0.4, -0.2) is 99.4 Å². The molecule has 0 N–H and O–H groups in total. The Labute approximate surface area is 513 Å². The number of hydrogen-bond donors (Lipinski definition) is 0. The zero-order chi connectivity index (χ0) is 60.3. The van der Waals surface area contributed by atoms with Crippen molar-refractivity contribution in [3.63, 3.8) is 0 Å². The van der Waals surface area contributed by atoms with Gasteiger partial charge >= 0.3 is 23.9 Å². The molecule has 0 aromatic rings. The third-order valence-corrected chi connectivity index (χ3v) is 20.4. The molecule has 4 bridgehead atoms. The zero-order valence-corrected chi connectivity index (χ0v) is 56.2. The summed E-state index contributed by atoms with van der Waals surface area (Å²) in [5.41, 5.74) is -1.65. The van der Waals surface area contributed by atoms with E-state index in [0.717, 1.165) is 136 Å². The van der Waals surface area contributed by atoms with Crippen molar-refractivity contribution in [1.29, 1.82) is 0 Å². The van der Waals surface area contributed by atoms with Crippen LogP contribution in [0.3, 0.4) is 0 Å². The first-order chi connectivity index (χ1) is 40.3. The van der Waals surface area contributed by atoms with Gasteiger partial charge in [0.05, 0.1) is 26.4 Å². The fraction of sp³-hybridized carbons (Fsp3) is 0.945. The van der Waals surface area contributed by atoms with Gasteiger partial charge in [0.2, 0.25) is 0 Å². The van der Waals surface area contributed by atoms with Crippen LogP contribution < -0.4 is 0 Å². The van der Waals surface area contributed by atoms with Gasteiger partial charge < -0.3 is 28.7 Å². The molecule has 0 heterocycles. The Balaban J connectivity index is 1.94. The summed E-state index contributed by atoms with van der Waals surface area (Å²) in [5.74, 6) is 0.159. The molecule has 0 aliphatic heterocycles. The van der Waals surface area contributed by atoms with Crippen LogP contribution in [0.25, 0.3) is 0 Å².